The average Bonchev–Trinajstić information content (AvgIpc) is 3.07. The van der Waals surface area contributed by atoms with Crippen molar-refractivity contribution in [1.82, 2.24) is 4.90 Å². The fraction of sp³-hybridized carbons (Fsp3) is 0.214. The van der Waals surface area contributed by atoms with E-state index >= 15 is 0 Å². The third-order valence-electron chi connectivity index (χ3n) is 5.51. The molecule has 0 saturated heterocycles. The van der Waals surface area contributed by atoms with Gasteiger partial charge in [-0.2, -0.15) is 0 Å². The molecular formula is C28H27NO3. The van der Waals surface area contributed by atoms with Crippen LogP contribution >= 0.6 is 0 Å². The minimum absolute atomic E-state index is 0.189. The first-order chi connectivity index (χ1) is 15.7. The molecule has 0 unspecified atom stereocenters. The molecule has 3 aromatic rings. The first kappa shape index (κ1) is 21.6. The summed E-state index contributed by atoms with van der Waals surface area (Å²) >= 11 is 0. The summed E-state index contributed by atoms with van der Waals surface area (Å²) in [6.07, 6.45) is 6.66. The quantitative estimate of drug-likeness (QED) is 0.318. The van der Waals surface area contributed by atoms with Gasteiger partial charge in [0.15, 0.2) is 0 Å². The Morgan fingerprint density at radius 3 is 2.31 bits per heavy atom. The highest BCUT2D eigenvalue weighted by Crippen LogP contribution is 2.23. The number of carbonyl (C=O) groups is 2. The minimum Gasteiger partial charge on any atom is -0.493 e. The summed E-state index contributed by atoms with van der Waals surface area (Å²) in [6.45, 7) is 3.22. The number of nitrogens with zero attached hydrogens (tertiary/aromatic N) is 1. The van der Waals surface area contributed by atoms with E-state index < -0.39 is 0 Å². The Balaban J connectivity index is 1.37. The second-order valence-corrected chi connectivity index (χ2v) is 7.88. The van der Waals surface area contributed by atoms with Gasteiger partial charge in [-0.05, 0) is 48.6 Å². The van der Waals surface area contributed by atoms with Crippen LogP contribution in [0.15, 0.2) is 72.8 Å². The third kappa shape index (κ3) is 4.80. The van der Waals surface area contributed by atoms with Crippen LogP contribution in [0.25, 0.3) is 12.2 Å². The minimum atomic E-state index is -0.189. The summed E-state index contributed by atoms with van der Waals surface area (Å²) in [5.41, 5.74) is 4.35. The van der Waals surface area contributed by atoms with Crippen LogP contribution in [0.4, 0.5) is 0 Å². The van der Waals surface area contributed by atoms with E-state index in [2.05, 4.69) is 37.3 Å². The summed E-state index contributed by atoms with van der Waals surface area (Å²) in [4.78, 5) is 26.4. The second kappa shape index (κ2) is 10.1. The van der Waals surface area contributed by atoms with Crippen molar-refractivity contribution in [3.8, 4) is 5.75 Å². The molecule has 4 nitrogen and oxygen atoms in total. The normalized spacial score (nSPS) is 13.1. The number of hydrogen-bond donors (Lipinski definition) is 0. The van der Waals surface area contributed by atoms with Crippen molar-refractivity contribution in [3.05, 3.63) is 101 Å². The molecule has 0 spiro atoms. The summed E-state index contributed by atoms with van der Waals surface area (Å²) < 4.78 is 5.83. The van der Waals surface area contributed by atoms with Crippen molar-refractivity contribution in [2.75, 3.05) is 13.2 Å². The third-order valence-corrected chi connectivity index (χ3v) is 5.51. The van der Waals surface area contributed by atoms with Crippen molar-refractivity contribution in [2.24, 2.45) is 0 Å². The Bertz CT molecular complexity index is 1110. The molecule has 1 aliphatic rings. The lowest BCUT2D eigenvalue weighted by Crippen LogP contribution is -2.30. The summed E-state index contributed by atoms with van der Waals surface area (Å²) in [5, 5.41) is 0. The molecule has 0 bridgehead atoms. The van der Waals surface area contributed by atoms with Gasteiger partial charge in [0.25, 0.3) is 11.8 Å². The summed E-state index contributed by atoms with van der Waals surface area (Å²) in [7, 11) is 0. The SMILES string of the molecule is CCCOc1ccccc1C=Cc1cccc(CCCN2C(=O)c3ccccc3C2=O)c1. The Morgan fingerprint density at radius 1 is 0.844 bits per heavy atom. The monoisotopic (exact) mass is 425 g/mol. The molecule has 0 aromatic heterocycles. The van der Waals surface area contributed by atoms with Gasteiger partial charge in [0.05, 0.1) is 17.7 Å². The zero-order valence-corrected chi connectivity index (χ0v) is 18.3. The van der Waals surface area contributed by atoms with Gasteiger partial charge < -0.3 is 4.74 Å². The van der Waals surface area contributed by atoms with Gasteiger partial charge in [-0.1, -0.05) is 73.7 Å². The largest absolute Gasteiger partial charge is 0.493 e. The smallest absolute Gasteiger partial charge is 0.261 e. The molecule has 1 aliphatic heterocycles. The van der Waals surface area contributed by atoms with E-state index in [1.165, 1.54) is 10.5 Å². The number of ether oxygens (including phenoxy) is 1. The van der Waals surface area contributed by atoms with Gasteiger partial charge in [-0.15, -0.1) is 0 Å². The second-order valence-electron chi connectivity index (χ2n) is 7.88. The predicted molar refractivity (Wildman–Crippen MR) is 128 cm³/mol. The van der Waals surface area contributed by atoms with Gasteiger partial charge in [0.1, 0.15) is 5.75 Å². The maximum absolute atomic E-state index is 12.5. The highest BCUT2D eigenvalue weighted by molar-refractivity contribution is 6.21. The summed E-state index contributed by atoms with van der Waals surface area (Å²) in [5.74, 6) is 0.514. The first-order valence-corrected chi connectivity index (χ1v) is 11.1. The molecule has 1 heterocycles. The van der Waals surface area contributed by atoms with Crippen molar-refractivity contribution in [2.45, 2.75) is 26.2 Å². The zero-order valence-electron chi connectivity index (χ0n) is 18.3. The maximum Gasteiger partial charge on any atom is 0.261 e. The molecule has 4 heteroatoms. The lowest BCUT2D eigenvalue weighted by molar-refractivity contribution is 0.0652. The molecule has 32 heavy (non-hydrogen) atoms. The van der Waals surface area contributed by atoms with Crippen LogP contribution in [0.5, 0.6) is 5.75 Å². The molecule has 0 radical (unpaired) electrons. The van der Waals surface area contributed by atoms with Crippen LogP contribution in [-0.2, 0) is 6.42 Å². The number of rotatable bonds is 9. The van der Waals surface area contributed by atoms with Gasteiger partial charge in [0, 0.05) is 12.1 Å². The van der Waals surface area contributed by atoms with Crippen LogP contribution in [0.1, 0.15) is 57.2 Å². The lowest BCUT2D eigenvalue weighted by atomic mass is 10.0. The maximum atomic E-state index is 12.5. The predicted octanol–water partition coefficient (Wildman–Crippen LogP) is 5.87. The van der Waals surface area contributed by atoms with E-state index in [1.807, 2.05) is 30.3 Å². The van der Waals surface area contributed by atoms with E-state index in [-0.39, 0.29) is 11.8 Å². The number of carbonyl (C=O) groups excluding carboxylic acids is 2. The Kier molecular flexibility index (Phi) is 6.81. The van der Waals surface area contributed by atoms with Gasteiger partial charge in [-0.3, -0.25) is 14.5 Å². The number of imide groups is 1. The van der Waals surface area contributed by atoms with Crippen LogP contribution < -0.4 is 4.74 Å². The number of amides is 2. The van der Waals surface area contributed by atoms with Gasteiger partial charge in [0.2, 0.25) is 0 Å². The van der Waals surface area contributed by atoms with Crippen LogP contribution in [0, 0.1) is 0 Å². The topological polar surface area (TPSA) is 46.6 Å². The number of para-hydroxylation sites is 1. The van der Waals surface area contributed by atoms with Gasteiger partial charge in [-0.25, -0.2) is 0 Å². The lowest BCUT2D eigenvalue weighted by Gasteiger charge is -2.13. The Hall–Kier alpha value is -3.66. The molecule has 4 rings (SSSR count). The zero-order chi connectivity index (χ0) is 22.3. The van der Waals surface area contributed by atoms with E-state index in [1.54, 1.807) is 24.3 Å². The molecule has 0 fully saturated rings. The van der Waals surface area contributed by atoms with Crippen molar-refractivity contribution in [3.63, 3.8) is 0 Å². The standard InChI is InChI=1S/C28H27NO3/c1-2-19-32-26-15-6-3-12-23(26)17-16-22-10-7-9-21(20-22)11-8-18-29-27(30)24-13-4-5-14-25(24)28(29)31/h3-7,9-10,12-17,20H,2,8,11,18-19H2,1H3. The van der Waals surface area contributed by atoms with Crippen LogP contribution in [0.3, 0.4) is 0 Å². The van der Waals surface area contributed by atoms with Crippen LogP contribution in [0.2, 0.25) is 0 Å². The fourth-order valence-electron chi connectivity index (χ4n) is 3.88. The van der Waals surface area contributed by atoms with Crippen molar-refractivity contribution in [1.29, 1.82) is 0 Å². The molecule has 0 N–H and O–H groups in total. The Morgan fingerprint density at radius 2 is 1.56 bits per heavy atom. The van der Waals surface area contributed by atoms with E-state index in [0.717, 1.165) is 36.1 Å². The number of aryl methyl sites for hydroxylation is 1. The van der Waals surface area contributed by atoms with Gasteiger partial charge >= 0.3 is 0 Å². The van der Waals surface area contributed by atoms with Crippen molar-refractivity contribution < 1.29 is 14.3 Å². The molecule has 162 valence electrons. The molecular weight excluding hydrogens is 398 g/mol. The van der Waals surface area contributed by atoms with E-state index in [9.17, 15) is 9.59 Å². The van der Waals surface area contributed by atoms with Crippen LogP contribution in [-0.4, -0.2) is 29.9 Å². The number of hydrogen-bond acceptors (Lipinski definition) is 3. The highest BCUT2D eigenvalue weighted by Gasteiger charge is 2.34. The molecule has 0 saturated carbocycles. The summed E-state index contributed by atoms with van der Waals surface area (Å²) in [6, 6.07) is 23.4. The van der Waals surface area contributed by atoms with E-state index in [0.29, 0.717) is 24.3 Å². The number of fused-ring (bicyclic) bond motifs is 1. The van der Waals surface area contributed by atoms with Crippen molar-refractivity contribution >= 4 is 24.0 Å². The highest BCUT2D eigenvalue weighted by atomic mass is 16.5. The molecule has 3 aromatic carbocycles. The average molecular weight is 426 g/mol. The Labute approximate surface area is 189 Å². The fourth-order valence-corrected chi connectivity index (χ4v) is 3.88. The molecule has 0 aliphatic carbocycles. The molecule has 0 atom stereocenters. The number of benzene rings is 3. The van der Waals surface area contributed by atoms with E-state index in [4.69, 9.17) is 4.74 Å². The first-order valence-electron chi connectivity index (χ1n) is 11.1. The molecule has 2 amide bonds.